The zero-order valence-corrected chi connectivity index (χ0v) is 12.3. The Morgan fingerprint density at radius 1 is 1.27 bits per heavy atom. The SMILES string of the molecule is C#CCOc1cnc(C(=O)Nc2ccc(F)cc2)cn1.CC. The van der Waals surface area contributed by atoms with Crippen molar-refractivity contribution in [1.29, 1.82) is 0 Å². The lowest BCUT2D eigenvalue weighted by Crippen LogP contribution is -2.14. The van der Waals surface area contributed by atoms with Crippen LogP contribution < -0.4 is 10.1 Å². The van der Waals surface area contributed by atoms with Gasteiger partial charge in [-0.25, -0.2) is 14.4 Å². The first kappa shape index (κ1) is 17.1. The van der Waals surface area contributed by atoms with Gasteiger partial charge in [-0.1, -0.05) is 19.8 Å². The zero-order valence-electron chi connectivity index (χ0n) is 12.3. The Bertz CT molecular complexity index is 634. The minimum absolute atomic E-state index is 0.0792. The number of carbonyl (C=O) groups excluding carboxylic acids is 1. The molecule has 0 aliphatic rings. The Morgan fingerprint density at radius 3 is 2.50 bits per heavy atom. The second kappa shape index (κ2) is 9.08. The highest BCUT2D eigenvalue weighted by molar-refractivity contribution is 6.02. The fourth-order valence-electron chi connectivity index (χ4n) is 1.35. The number of hydrogen-bond donors (Lipinski definition) is 1. The van der Waals surface area contributed by atoms with Crippen molar-refractivity contribution in [3.8, 4) is 18.2 Å². The van der Waals surface area contributed by atoms with Gasteiger partial charge in [0.1, 0.15) is 11.5 Å². The zero-order chi connectivity index (χ0) is 16.4. The number of anilines is 1. The van der Waals surface area contributed by atoms with Crippen molar-refractivity contribution in [3.05, 3.63) is 48.2 Å². The summed E-state index contributed by atoms with van der Waals surface area (Å²) in [7, 11) is 0. The largest absolute Gasteiger partial charge is 0.463 e. The van der Waals surface area contributed by atoms with E-state index in [0.29, 0.717) is 5.69 Å². The Balaban J connectivity index is 0.00000116. The Hall–Kier alpha value is -2.94. The maximum atomic E-state index is 12.7. The van der Waals surface area contributed by atoms with E-state index in [4.69, 9.17) is 11.2 Å². The summed E-state index contributed by atoms with van der Waals surface area (Å²) >= 11 is 0. The van der Waals surface area contributed by atoms with Crippen molar-refractivity contribution in [1.82, 2.24) is 9.97 Å². The summed E-state index contributed by atoms with van der Waals surface area (Å²) in [5, 5.41) is 2.57. The van der Waals surface area contributed by atoms with Crippen LogP contribution >= 0.6 is 0 Å². The quantitative estimate of drug-likeness (QED) is 0.882. The molecule has 0 unspecified atom stereocenters. The molecule has 6 heteroatoms. The number of nitrogens with one attached hydrogen (secondary N) is 1. The number of amides is 1. The number of aromatic nitrogens is 2. The molecule has 0 spiro atoms. The molecule has 22 heavy (non-hydrogen) atoms. The summed E-state index contributed by atoms with van der Waals surface area (Å²) in [5.74, 6) is 1.70. The van der Waals surface area contributed by atoms with Gasteiger partial charge in [0.15, 0.2) is 6.61 Å². The van der Waals surface area contributed by atoms with Gasteiger partial charge < -0.3 is 10.1 Å². The van der Waals surface area contributed by atoms with E-state index in [9.17, 15) is 9.18 Å². The van der Waals surface area contributed by atoms with E-state index >= 15 is 0 Å². The highest BCUT2D eigenvalue weighted by Gasteiger charge is 2.08. The average molecular weight is 301 g/mol. The Labute approximate surface area is 128 Å². The number of hydrogen-bond acceptors (Lipinski definition) is 4. The third-order valence-corrected chi connectivity index (χ3v) is 2.27. The molecule has 1 N–H and O–H groups in total. The third-order valence-electron chi connectivity index (χ3n) is 2.27. The number of nitrogens with zero attached hydrogens (tertiary/aromatic N) is 2. The lowest BCUT2D eigenvalue weighted by Gasteiger charge is -2.05. The van der Waals surface area contributed by atoms with Gasteiger partial charge in [-0.3, -0.25) is 4.79 Å². The molecule has 1 aromatic carbocycles. The number of rotatable bonds is 4. The van der Waals surface area contributed by atoms with Crippen molar-refractivity contribution in [2.45, 2.75) is 13.8 Å². The van der Waals surface area contributed by atoms with Crippen molar-refractivity contribution in [3.63, 3.8) is 0 Å². The van der Waals surface area contributed by atoms with E-state index in [1.54, 1.807) is 0 Å². The van der Waals surface area contributed by atoms with E-state index in [1.807, 2.05) is 13.8 Å². The third kappa shape index (κ3) is 5.21. The predicted octanol–water partition coefficient (Wildman–Crippen LogP) is 2.91. The molecule has 0 aliphatic heterocycles. The van der Waals surface area contributed by atoms with Crippen molar-refractivity contribution >= 4 is 11.6 Å². The summed E-state index contributed by atoms with van der Waals surface area (Å²) in [6.45, 7) is 4.08. The van der Waals surface area contributed by atoms with Gasteiger partial charge >= 0.3 is 0 Å². The maximum absolute atomic E-state index is 12.7. The number of terminal acetylenes is 1. The van der Waals surface area contributed by atoms with Crippen LogP contribution in [0.4, 0.5) is 10.1 Å². The van der Waals surface area contributed by atoms with Crippen LogP contribution in [-0.2, 0) is 0 Å². The van der Waals surface area contributed by atoms with Crippen LogP contribution in [0.1, 0.15) is 24.3 Å². The molecule has 0 fully saturated rings. The molecule has 0 radical (unpaired) electrons. The first-order valence-corrected chi connectivity index (χ1v) is 6.64. The minimum atomic E-state index is -0.451. The van der Waals surface area contributed by atoms with E-state index < -0.39 is 5.91 Å². The van der Waals surface area contributed by atoms with E-state index in [-0.39, 0.29) is 24.0 Å². The highest BCUT2D eigenvalue weighted by atomic mass is 19.1. The molecule has 1 heterocycles. The van der Waals surface area contributed by atoms with Crippen molar-refractivity contribution in [2.24, 2.45) is 0 Å². The summed E-state index contributed by atoms with van der Waals surface area (Å²) in [6, 6.07) is 5.40. The lowest BCUT2D eigenvalue weighted by atomic mass is 10.3. The second-order valence-electron chi connectivity index (χ2n) is 3.69. The molecule has 1 aromatic heterocycles. The molecule has 2 rings (SSSR count). The van der Waals surface area contributed by atoms with E-state index in [2.05, 4.69) is 21.2 Å². The highest BCUT2D eigenvalue weighted by Crippen LogP contribution is 2.10. The number of benzene rings is 1. The molecule has 0 aliphatic carbocycles. The topological polar surface area (TPSA) is 64.1 Å². The van der Waals surface area contributed by atoms with Crippen LogP contribution in [0.2, 0.25) is 0 Å². The average Bonchev–Trinajstić information content (AvgIpc) is 2.57. The van der Waals surface area contributed by atoms with Crippen LogP contribution in [0.5, 0.6) is 5.88 Å². The van der Waals surface area contributed by atoms with E-state index in [0.717, 1.165) is 0 Å². The number of halogens is 1. The maximum Gasteiger partial charge on any atom is 0.275 e. The Morgan fingerprint density at radius 2 is 1.95 bits per heavy atom. The van der Waals surface area contributed by atoms with Gasteiger partial charge in [-0.15, -0.1) is 6.42 Å². The molecule has 1 amide bonds. The van der Waals surface area contributed by atoms with Gasteiger partial charge in [-0.2, -0.15) is 0 Å². The van der Waals surface area contributed by atoms with Gasteiger partial charge in [0, 0.05) is 5.69 Å². The fourth-order valence-corrected chi connectivity index (χ4v) is 1.35. The summed E-state index contributed by atoms with van der Waals surface area (Å²) < 4.78 is 17.8. The normalized spacial score (nSPS) is 9.00. The van der Waals surface area contributed by atoms with Crippen LogP contribution in [0.15, 0.2) is 36.7 Å². The molecule has 0 atom stereocenters. The molecule has 114 valence electrons. The van der Waals surface area contributed by atoms with Gasteiger partial charge in [-0.05, 0) is 24.3 Å². The van der Waals surface area contributed by atoms with E-state index in [1.165, 1.54) is 36.7 Å². The number of ether oxygens (including phenoxy) is 1. The molecule has 2 aromatic rings. The first-order chi connectivity index (χ1) is 10.7. The van der Waals surface area contributed by atoms with Crippen LogP contribution in [0, 0.1) is 18.2 Å². The molecule has 0 bridgehead atoms. The fraction of sp³-hybridized carbons (Fsp3) is 0.188. The molecule has 0 saturated heterocycles. The monoisotopic (exact) mass is 301 g/mol. The van der Waals surface area contributed by atoms with Crippen LogP contribution in [-0.4, -0.2) is 22.5 Å². The molecule has 5 nitrogen and oxygen atoms in total. The van der Waals surface area contributed by atoms with Gasteiger partial charge in [0.25, 0.3) is 5.91 Å². The predicted molar refractivity (Wildman–Crippen MR) is 82.1 cm³/mol. The minimum Gasteiger partial charge on any atom is -0.463 e. The molecule has 0 saturated carbocycles. The van der Waals surface area contributed by atoms with Crippen molar-refractivity contribution in [2.75, 3.05) is 11.9 Å². The van der Waals surface area contributed by atoms with Gasteiger partial charge in [0.05, 0.1) is 12.4 Å². The summed E-state index contributed by atoms with van der Waals surface area (Å²) in [4.78, 5) is 19.6. The van der Waals surface area contributed by atoms with Crippen LogP contribution in [0.3, 0.4) is 0 Å². The number of carbonyl (C=O) groups is 1. The summed E-state index contributed by atoms with van der Waals surface area (Å²) in [6.07, 6.45) is 7.61. The van der Waals surface area contributed by atoms with Gasteiger partial charge in [0.2, 0.25) is 5.88 Å². The van der Waals surface area contributed by atoms with Crippen LogP contribution in [0.25, 0.3) is 0 Å². The standard InChI is InChI=1S/C14H10FN3O2.C2H6/c1-2-7-20-13-9-16-12(8-17-13)14(19)18-11-5-3-10(15)4-6-11;1-2/h1,3-6,8-9H,7H2,(H,18,19);1-2H3. The Kier molecular flexibility index (Phi) is 7.06. The molecular formula is C16H16FN3O2. The lowest BCUT2D eigenvalue weighted by molar-refractivity contribution is 0.102. The smallest absolute Gasteiger partial charge is 0.275 e. The summed E-state index contributed by atoms with van der Waals surface area (Å²) in [5.41, 5.74) is 0.577. The first-order valence-electron chi connectivity index (χ1n) is 6.64. The molecular weight excluding hydrogens is 285 g/mol. The second-order valence-corrected chi connectivity index (χ2v) is 3.69. The van der Waals surface area contributed by atoms with Crippen molar-refractivity contribution < 1.29 is 13.9 Å².